The van der Waals surface area contributed by atoms with Crippen molar-refractivity contribution in [1.29, 1.82) is 0 Å². The zero-order valence-corrected chi connectivity index (χ0v) is 13.6. The van der Waals surface area contributed by atoms with Gasteiger partial charge in [-0.25, -0.2) is 4.79 Å². The molecule has 0 saturated carbocycles. The van der Waals surface area contributed by atoms with Gasteiger partial charge in [-0.15, -0.1) is 0 Å². The summed E-state index contributed by atoms with van der Waals surface area (Å²) in [5.41, 5.74) is 1.42. The first-order valence-electron chi connectivity index (χ1n) is 7.68. The zero-order chi connectivity index (χ0) is 16.1. The molecule has 0 radical (unpaired) electrons. The summed E-state index contributed by atoms with van der Waals surface area (Å²) in [6, 6.07) is 5.58. The van der Waals surface area contributed by atoms with Crippen molar-refractivity contribution in [2.24, 2.45) is 0 Å². The molecule has 0 amide bonds. The van der Waals surface area contributed by atoms with Crippen LogP contribution in [-0.2, 0) is 4.74 Å². The maximum Gasteiger partial charge on any atom is 0.376 e. The minimum absolute atomic E-state index is 0.264. The number of nitrogens with zero attached hydrogens (tertiary/aromatic N) is 1. The second-order valence-corrected chi connectivity index (χ2v) is 4.95. The van der Waals surface area contributed by atoms with E-state index in [2.05, 4.69) is 4.90 Å². The van der Waals surface area contributed by atoms with Gasteiger partial charge in [0.15, 0.2) is 0 Å². The average molecular weight is 305 g/mol. The molecular formula is C17H23NO4. The molecule has 5 heteroatoms. The van der Waals surface area contributed by atoms with Crippen molar-refractivity contribution < 1.29 is 18.7 Å². The molecule has 120 valence electrons. The summed E-state index contributed by atoms with van der Waals surface area (Å²) in [5, 5.41) is 0.896. The molecule has 0 fully saturated rings. The van der Waals surface area contributed by atoms with E-state index in [4.69, 9.17) is 13.9 Å². The average Bonchev–Trinajstić information content (AvgIpc) is 2.92. The number of esters is 1. The van der Waals surface area contributed by atoms with Crippen LogP contribution in [0.4, 0.5) is 5.69 Å². The number of carbonyl (C=O) groups is 1. The SMILES string of the molecule is CCCOC(=O)c1oc2cc(OC)ccc2c1N(CC)CC. The Bertz CT molecular complexity index is 643. The monoisotopic (exact) mass is 305 g/mol. The number of fused-ring (bicyclic) bond motifs is 1. The van der Waals surface area contributed by atoms with Crippen molar-refractivity contribution in [3.63, 3.8) is 0 Å². The number of carbonyl (C=O) groups excluding carboxylic acids is 1. The van der Waals surface area contributed by atoms with Crippen LogP contribution in [0.5, 0.6) is 5.75 Å². The standard InChI is InChI=1S/C17H23NO4/c1-5-10-21-17(19)16-15(18(6-2)7-3)13-9-8-12(20-4)11-14(13)22-16/h8-9,11H,5-7,10H2,1-4H3. The van der Waals surface area contributed by atoms with Crippen LogP contribution in [0.3, 0.4) is 0 Å². The smallest absolute Gasteiger partial charge is 0.376 e. The van der Waals surface area contributed by atoms with Gasteiger partial charge in [0, 0.05) is 24.5 Å². The van der Waals surface area contributed by atoms with E-state index >= 15 is 0 Å². The van der Waals surface area contributed by atoms with Gasteiger partial charge < -0.3 is 18.8 Å². The van der Waals surface area contributed by atoms with E-state index in [1.54, 1.807) is 13.2 Å². The van der Waals surface area contributed by atoms with Crippen molar-refractivity contribution in [2.75, 3.05) is 31.7 Å². The van der Waals surface area contributed by atoms with Gasteiger partial charge in [-0.3, -0.25) is 0 Å². The minimum Gasteiger partial charge on any atom is -0.497 e. The molecule has 1 aromatic carbocycles. The molecule has 0 aliphatic carbocycles. The van der Waals surface area contributed by atoms with Crippen LogP contribution in [0, 0.1) is 0 Å². The lowest BCUT2D eigenvalue weighted by atomic mass is 10.2. The van der Waals surface area contributed by atoms with Crippen molar-refractivity contribution in [1.82, 2.24) is 0 Å². The molecular weight excluding hydrogens is 282 g/mol. The van der Waals surface area contributed by atoms with E-state index in [1.165, 1.54) is 0 Å². The van der Waals surface area contributed by atoms with E-state index in [0.29, 0.717) is 17.9 Å². The van der Waals surface area contributed by atoms with Crippen LogP contribution in [0.15, 0.2) is 22.6 Å². The molecule has 0 bridgehead atoms. The van der Waals surface area contributed by atoms with E-state index in [-0.39, 0.29) is 5.76 Å². The number of hydrogen-bond acceptors (Lipinski definition) is 5. The molecule has 5 nitrogen and oxygen atoms in total. The van der Waals surface area contributed by atoms with Gasteiger partial charge in [0.1, 0.15) is 11.3 Å². The van der Waals surface area contributed by atoms with Gasteiger partial charge in [-0.05, 0) is 32.4 Å². The maximum absolute atomic E-state index is 12.3. The molecule has 0 saturated heterocycles. The Morgan fingerprint density at radius 3 is 2.55 bits per heavy atom. The van der Waals surface area contributed by atoms with Gasteiger partial charge in [0.25, 0.3) is 0 Å². The molecule has 0 atom stereocenters. The van der Waals surface area contributed by atoms with Crippen LogP contribution >= 0.6 is 0 Å². The third kappa shape index (κ3) is 3.03. The van der Waals surface area contributed by atoms with Crippen LogP contribution in [0.2, 0.25) is 0 Å². The van der Waals surface area contributed by atoms with Gasteiger partial charge in [0.2, 0.25) is 5.76 Å². The fraction of sp³-hybridized carbons (Fsp3) is 0.471. The van der Waals surface area contributed by atoms with Crippen LogP contribution in [0.25, 0.3) is 11.0 Å². The summed E-state index contributed by atoms with van der Waals surface area (Å²) in [6.45, 7) is 8.01. The van der Waals surface area contributed by atoms with Gasteiger partial charge >= 0.3 is 5.97 Å². The van der Waals surface area contributed by atoms with Crippen molar-refractivity contribution in [2.45, 2.75) is 27.2 Å². The highest BCUT2D eigenvalue weighted by molar-refractivity contribution is 6.04. The molecule has 0 spiro atoms. The molecule has 0 aliphatic rings. The quantitative estimate of drug-likeness (QED) is 0.727. The van der Waals surface area contributed by atoms with Gasteiger partial charge in [-0.1, -0.05) is 6.92 Å². The molecule has 0 aliphatic heterocycles. The largest absolute Gasteiger partial charge is 0.497 e. The lowest BCUT2D eigenvalue weighted by Crippen LogP contribution is -2.24. The van der Waals surface area contributed by atoms with E-state index in [0.717, 1.165) is 30.6 Å². The Hall–Kier alpha value is -2.17. The zero-order valence-electron chi connectivity index (χ0n) is 13.6. The number of rotatable bonds is 7. The van der Waals surface area contributed by atoms with Crippen LogP contribution in [-0.4, -0.2) is 32.8 Å². The highest BCUT2D eigenvalue weighted by atomic mass is 16.5. The Kier molecular flexibility index (Phi) is 5.31. The Morgan fingerprint density at radius 1 is 1.23 bits per heavy atom. The molecule has 2 aromatic rings. The number of furan rings is 1. The van der Waals surface area contributed by atoms with Crippen molar-refractivity contribution in [3.05, 3.63) is 24.0 Å². The van der Waals surface area contributed by atoms with E-state index in [9.17, 15) is 4.79 Å². The number of methoxy groups -OCH3 is 1. The fourth-order valence-electron chi connectivity index (χ4n) is 2.44. The summed E-state index contributed by atoms with van der Waals surface area (Å²) >= 11 is 0. The van der Waals surface area contributed by atoms with Crippen molar-refractivity contribution in [3.8, 4) is 5.75 Å². The molecule has 22 heavy (non-hydrogen) atoms. The molecule has 1 heterocycles. The summed E-state index contributed by atoms with van der Waals surface area (Å²) in [6.07, 6.45) is 0.778. The fourth-order valence-corrected chi connectivity index (χ4v) is 2.44. The second kappa shape index (κ2) is 7.20. The van der Waals surface area contributed by atoms with Crippen molar-refractivity contribution >= 4 is 22.6 Å². The number of ether oxygens (including phenoxy) is 2. The predicted octanol–water partition coefficient (Wildman–Crippen LogP) is 3.85. The first kappa shape index (κ1) is 16.2. The van der Waals surface area contributed by atoms with E-state index in [1.807, 2.05) is 32.9 Å². The highest BCUT2D eigenvalue weighted by Crippen LogP contribution is 2.36. The normalized spacial score (nSPS) is 10.7. The topological polar surface area (TPSA) is 51.9 Å². The molecule has 1 aromatic heterocycles. The number of hydrogen-bond donors (Lipinski definition) is 0. The molecule has 2 rings (SSSR count). The molecule has 0 N–H and O–H groups in total. The van der Waals surface area contributed by atoms with E-state index < -0.39 is 5.97 Å². The highest BCUT2D eigenvalue weighted by Gasteiger charge is 2.25. The number of benzene rings is 1. The minimum atomic E-state index is -0.418. The third-order valence-corrected chi connectivity index (χ3v) is 3.57. The van der Waals surface area contributed by atoms with Gasteiger partial charge in [0.05, 0.1) is 19.4 Å². The maximum atomic E-state index is 12.3. The second-order valence-electron chi connectivity index (χ2n) is 4.95. The third-order valence-electron chi connectivity index (χ3n) is 3.57. The summed E-state index contributed by atoms with van der Waals surface area (Å²) < 4.78 is 16.3. The predicted molar refractivity (Wildman–Crippen MR) is 86.9 cm³/mol. The first-order chi connectivity index (χ1) is 10.7. The summed E-state index contributed by atoms with van der Waals surface area (Å²) in [5.74, 6) is 0.542. The lowest BCUT2D eigenvalue weighted by Gasteiger charge is -2.20. The molecule has 0 unspecified atom stereocenters. The summed E-state index contributed by atoms with van der Waals surface area (Å²) in [7, 11) is 1.60. The Morgan fingerprint density at radius 2 is 1.95 bits per heavy atom. The Labute approximate surface area is 130 Å². The summed E-state index contributed by atoms with van der Waals surface area (Å²) in [4.78, 5) is 14.4. The van der Waals surface area contributed by atoms with Crippen LogP contribution in [0.1, 0.15) is 37.7 Å². The van der Waals surface area contributed by atoms with Crippen LogP contribution < -0.4 is 9.64 Å². The Balaban J connectivity index is 2.56. The number of anilines is 1. The lowest BCUT2D eigenvalue weighted by molar-refractivity contribution is 0.0472. The first-order valence-corrected chi connectivity index (χ1v) is 7.68. The van der Waals surface area contributed by atoms with Gasteiger partial charge in [-0.2, -0.15) is 0 Å².